The SMILES string of the molecule is CN1CCOCC1.Cc1ccc(C2C(C#N)=C([Se])NC3=C2C(=O)CCC3)cc1. The first-order valence-electron chi connectivity index (χ1n) is 9.68. The van der Waals surface area contributed by atoms with Gasteiger partial charge in [0, 0.05) is 13.1 Å². The molecule has 147 valence electrons. The Morgan fingerprint density at radius 2 is 1.89 bits per heavy atom. The Kier molecular flexibility index (Phi) is 7.09. The van der Waals surface area contributed by atoms with Crippen LogP contribution in [-0.4, -0.2) is 60.0 Å². The number of dihydropyridines is 1. The number of benzene rings is 1. The summed E-state index contributed by atoms with van der Waals surface area (Å²) in [6.45, 7) is 6.05. The first kappa shape index (κ1) is 20.8. The second kappa shape index (κ2) is 9.54. The number of aryl methyl sites for hydroxylation is 1. The van der Waals surface area contributed by atoms with E-state index in [-0.39, 0.29) is 11.7 Å². The predicted octanol–water partition coefficient (Wildman–Crippen LogP) is 2.54. The van der Waals surface area contributed by atoms with E-state index in [9.17, 15) is 10.1 Å². The summed E-state index contributed by atoms with van der Waals surface area (Å²) >= 11 is 2.94. The molecule has 0 saturated carbocycles. The Bertz CT molecular complexity index is 830. The van der Waals surface area contributed by atoms with Crippen LogP contribution in [0.4, 0.5) is 0 Å². The molecule has 2 heterocycles. The summed E-state index contributed by atoms with van der Waals surface area (Å²) in [4.78, 5) is 14.7. The number of hydrogen-bond donors (Lipinski definition) is 1. The van der Waals surface area contributed by atoms with Crippen LogP contribution in [0.2, 0.25) is 0 Å². The fourth-order valence-electron chi connectivity index (χ4n) is 3.67. The molecule has 0 spiro atoms. The van der Waals surface area contributed by atoms with Crippen molar-refractivity contribution in [2.24, 2.45) is 0 Å². The summed E-state index contributed by atoms with van der Waals surface area (Å²) in [6, 6.07) is 10.4. The molecule has 1 aliphatic carbocycles. The molecular weight excluding hydrogens is 417 g/mol. The molecule has 3 aliphatic rings. The predicted molar refractivity (Wildman–Crippen MR) is 110 cm³/mol. The third-order valence-electron chi connectivity index (χ3n) is 5.31. The number of carbonyl (C=O) groups excluding carboxylic acids is 1. The van der Waals surface area contributed by atoms with Gasteiger partial charge in [-0.05, 0) is 7.05 Å². The van der Waals surface area contributed by atoms with Gasteiger partial charge < -0.3 is 9.64 Å². The van der Waals surface area contributed by atoms with Crippen LogP contribution in [0.1, 0.15) is 36.3 Å². The van der Waals surface area contributed by atoms with Crippen molar-refractivity contribution < 1.29 is 9.53 Å². The number of Topliss-reactive ketones (excluding diaryl/α,β-unsaturated/α-hetero) is 1. The van der Waals surface area contributed by atoms with E-state index < -0.39 is 0 Å². The van der Waals surface area contributed by atoms with Gasteiger partial charge in [-0.25, -0.2) is 0 Å². The number of ether oxygens (including phenoxy) is 1. The molecule has 1 unspecified atom stereocenters. The van der Waals surface area contributed by atoms with Crippen molar-refractivity contribution in [1.29, 1.82) is 5.26 Å². The second-order valence-corrected chi connectivity index (χ2v) is 8.26. The Labute approximate surface area is 175 Å². The number of morpholine rings is 1. The third-order valence-corrected chi connectivity index (χ3v) is 5.98. The van der Waals surface area contributed by atoms with Crippen LogP contribution in [0, 0.1) is 18.3 Å². The normalized spacial score (nSPS) is 22.6. The van der Waals surface area contributed by atoms with Gasteiger partial charge in [-0.15, -0.1) is 0 Å². The third kappa shape index (κ3) is 4.74. The average Bonchev–Trinajstić information content (AvgIpc) is 2.69. The summed E-state index contributed by atoms with van der Waals surface area (Å²) in [7, 11) is 2.11. The Morgan fingerprint density at radius 1 is 1.21 bits per heavy atom. The monoisotopic (exact) mass is 444 g/mol. The van der Waals surface area contributed by atoms with Crippen LogP contribution in [0.25, 0.3) is 0 Å². The van der Waals surface area contributed by atoms with Crippen molar-refractivity contribution >= 4 is 21.8 Å². The van der Waals surface area contributed by atoms with Crippen molar-refractivity contribution in [2.45, 2.75) is 32.1 Å². The second-order valence-electron chi connectivity index (χ2n) is 7.41. The number of likely N-dealkylation sites (N-methyl/N-ethyl adjacent to an activating group) is 1. The van der Waals surface area contributed by atoms with Crippen LogP contribution in [0.15, 0.2) is 45.7 Å². The van der Waals surface area contributed by atoms with Crippen molar-refractivity contribution in [3.63, 3.8) is 0 Å². The summed E-state index contributed by atoms with van der Waals surface area (Å²) < 4.78 is 5.84. The van der Waals surface area contributed by atoms with Gasteiger partial charge in [0.2, 0.25) is 0 Å². The number of nitrogens with zero attached hydrogens (tertiary/aromatic N) is 2. The number of nitrogens with one attached hydrogen (secondary N) is 1. The minimum atomic E-state index is -0.240. The van der Waals surface area contributed by atoms with Crippen molar-refractivity contribution in [3.8, 4) is 6.07 Å². The summed E-state index contributed by atoms with van der Waals surface area (Å²) in [5, 5.41) is 12.7. The fraction of sp³-hybridized carbons (Fsp3) is 0.455. The first-order valence-corrected chi connectivity index (χ1v) is 10.5. The van der Waals surface area contributed by atoms with E-state index in [0.29, 0.717) is 12.0 Å². The van der Waals surface area contributed by atoms with Gasteiger partial charge >= 0.3 is 132 Å². The Hall–Kier alpha value is -1.90. The number of carbonyl (C=O) groups is 1. The molecule has 0 aromatic heterocycles. The van der Waals surface area contributed by atoms with Gasteiger partial charge in [0.1, 0.15) is 0 Å². The van der Waals surface area contributed by atoms with Gasteiger partial charge in [-0.2, -0.15) is 0 Å². The Morgan fingerprint density at radius 3 is 2.46 bits per heavy atom. The number of rotatable bonds is 1. The molecule has 1 fully saturated rings. The van der Waals surface area contributed by atoms with Gasteiger partial charge in [0.05, 0.1) is 13.2 Å². The molecule has 0 bridgehead atoms. The Balaban J connectivity index is 0.000000271. The zero-order valence-corrected chi connectivity index (χ0v) is 18.2. The van der Waals surface area contributed by atoms with Crippen LogP contribution in [-0.2, 0) is 9.53 Å². The van der Waals surface area contributed by atoms with E-state index in [1.807, 2.05) is 31.2 Å². The van der Waals surface area contributed by atoms with E-state index in [1.54, 1.807) is 0 Å². The first-order chi connectivity index (χ1) is 13.5. The average molecular weight is 443 g/mol. The van der Waals surface area contributed by atoms with E-state index in [0.717, 1.165) is 60.6 Å². The number of hydrogen-bond acceptors (Lipinski definition) is 5. The van der Waals surface area contributed by atoms with Crippen LogP contribution >= 0.6 is 0 Å². The van der Waals surface area contributed by atoms with Crippen LogP contribution < -0.4 is 5.32 Å². The van der Waals surface area contributed by atoms with E-state index in [2.05, 4.69) is 39.3 Å². The van der Waals surface area contributed by atoms with Crippen LogP contribution in [0.5, 0.6) is 0 Å². The fourth-order valence-corrected chi connectivity index (χ4v) is 4.27. The molecule has 4 rings (SSSR count). The van der Waals surface area contributed by atoms with E-state index >= 15 is 0 Å². The molecule has 2 aliphatic heterocycles. The molecule has 1 aromatic carbocycles. The molecule has 1 atom stereocenters. The summed E-state index contributed by atoms with van der Waals surface area (Å²) in [6.07, 6.45) is 2.32. The van der Waals surface area contributed by atoms with Crippen molar-refractivity contribution in [3.05, 3.63) is 56.8 Å². The topological polar surface area (TPSA) is 65.4 Å². The van der Waals surface area contributed by atoms with Gasteiger partial charge in [-0.3, -0.25) is 0 Å². The molecule has 1 saturated heterocycles. The van der Waals surface area contributed by atoms with Crippen molar-refractivity contribution in [2.75, 3.05) is 33.4 Å². The maximum absolute atomic E-state index is 12.4. The van der Waals surface area contributed by atoms with Crippen LogP contribution in [0.3, 0.4) is 0 Å². The van der Waals surface area contributed by atoms with Gasteiger partial charge in [0.25, 0.3) is 0 Å². The van der Waals surface area contributed by atoms with E-state index in [4.69, 9.17) is 4.74 Å². The molecule has 1 radical (unpaired) electrons. The van der Waals surface area contributed by atoms with Gasteiger partial charge in [-0.1, -0.05) is 0 Å². The molecule has 6 heteroatoms. The standard InChI is InChI=1S/C17H15N2OSe.C5H11NO/c1-10-5-7-11(8-6-10)15-12(9-18)17(21)19-13-3-2-4-14(20)16(13)15;1-6-2-4-7-5-3-6/h5-8,15,19H,2-4H2,1H3;2-5H2,1H3. The molecule has 28 heavy (non-hydrogen) atoms. The summed E-state index contributed by atoms with van der Waals surface area (Å²) in [5.74, 6) is -0.0783. The summed E-state index contributed by atoms with van der Waals surface area (Å²) in [5.41, 5.74) is 4.54. The van der Waals surface area contributed by atoms with Crippen molar-refractivity contribution in [1.82, 2.24) is 10.2 Å². The molecule has 0 amide bonds. The number of nitriles is 1. The number of allylic oxidation sites excluding steroid dienone is 3. The van der Waals surface area contributed by atoms with E-state index in [1.165, 1.54) is 5.56 Å². The minimum absolute atomic E-state index is 0.162. The molecule has 1 aromatic rings. The quantitative estimate of drug-likeness (QED) is 0.676. The van der Waals surface area contributed by atoms with Gasteiger partial charge in [0.15, 0.2) is 0 Å². The zero-order valence-electron chi connectivity index (χ0n) is 16.5. The maximum atomic E-state index is 12.4. The number of ketones is 1. The molecular formula is C22H26N3O2Se. The molecule has 5 nitrogen and oxygen atoms in total. The molecule has 1 N–H and O–H groups in total. The zero-order chi connectivity index (χ0) is 20.1.